The number of nitrogens with zero attached hydrogens (tertiary/aromatic N) is 2. The zero-order chi connectivity index (χ0) is 22.8. The van der Waals surface area contributed by atoms with Crippen LogP contribution in [0, 0.1) is 6.92 Å². The second-order valence-corrected chi connectivity index (χ2v) is 9.54. The summed E-state index contributed by atoms with van der Waals surface area (Å²) >= 11 is 0. The van der Waals surface area contributed by atoms with Crippen LogP contribution in [0.2, 0.25) is 0 Å². The Hall–Kier alpha value is -3.26. The van der Waals surface area contributed by atoms with Gasteiger partial charge in [-0.1, -0.05) is 49.6 Å². The highest BCUT2D eigenvalue weighted by molar-refractivity contribution is 5.75. The largest absolute Gasteiger partial charge is 0.213 e. The first kappa shape index (κ1) is 21.6. The molecule has 2 heteroatoms. The Morgan fingerprint density at radius 1 is 0.636 bits per heavy atom. The van der Waals surface area contributed by atoms with Gasteiger partial charge in [0.1, 0.15) is 14.1 Å². The van der Waals surface area contributed by atoms with E-state index < -0.39 is 0 Å². The van der Waals surface area contributed by atoms with Crippen molar-refractivity contribution >= 4 is 0 Å². The minimum absolute atomic E-state index is 0.752. The smallest absolute Gasteiger partial charge is 0.201 e. The van der Waals surface area contributed by atoms with E-state index in [1.807, 2.05) is 0 Å². The molecule has 1 aliphatic rings. The van der Waals surface area contributed by atoms with Gasteiger partial charge in [-0.3, -0.25) is 0 Å². The van der Waals surface area contributed by atoms with E-state index in [0.717, 1.165) is 5.92 Å². The van der Waals surface area contributed by atoms with Gasteiger partial charge in [-0.25, -0.2) is 9.13 Å². The maximum atomic E-state index is 2.36. The van der Waals surface area contributed by atoms with Gasteiger partial charge in [-0.2, -0.15) is 0 Å². The fourth-order valence-corrected chi connectivity index (χ4v) is 5.39. The number of rotatable bonds is 4. The summed E-state index contributed by atoms with van der Waals surface area (Å²) in [6.07, 6.45) is 11.2. The van der Waals surface area contributed by atoms with Crippen LogP contribution in [-0.2, 0) is 14.1 Å². The summed E-state index contributed by atoms with van der Waals surface area (Å²) < 4.78 is 4.42. The van der Waals surface area contributed by atoms with Crippen molar-refractivity contribution in [2.75, 3.05) is 0 Å². The molecular weight excluding hydrogens is 400 g/mol. The highest BCUT2D eigenvalue weighted by Crippen LogP contribution is 2.34. The molecule has 0 radical (unpaired) electrons. The van der Waals surface area contributed by atoms with Gasteiger partial charge in [-0.05, 0) is 66.1 Å². The molecule has 0 bridgehead atoms. The van der Waals surface area contributed by atoms with Crippen molar-refractivity contribution in [1.29, 1.82) is 0 Å². The maximum Gasteiger partial charge on any atom is 0.213 e. The predicted octanol–water partition coefficient (Wildman–Crippen LogP) is 6.69. The summed E-state index contributed by atoms with van der Waals surface area (Å²) in [6.45, 7) is 2.24. The first-order valence-corrected chi connectivity index (χ1v) is 12.3. The molecule has 2 nitrogen and oxygen atoms in total. The maximum absolute atomic E-state index is 2.36. The molecule has 2 heterocycles. The summed E-state index contributed by atoms with van der Waals surface area (Å²) in [7, 11) is 4.25. The molecule has 1 fully saturated rings. The number of pyridine rings is 2. The molecule has 0 spiro atoms. The lowest BCUT2D eigenvalue weighted by molar-refractivity contribution is -0.660. The van der Waals surface area contributed by atoms with Gasteiger partial charge in [0.15, 0.2) is 12.4 Å². The lowest BCUT2D eigenvalue weighted by Crippen LogP contribution is -2.31. The Balaban J connectivity index is 1.51. The Morgan fingerprint density at radius 3 is 2.06 bits per heavy atom. The molecule has 0 atom stereocenters. The zero-order valence-corrected chi connectivity index (χ0v) is 20.1. The fraction of sp³-hybridized carbons (Fsp3) is 0.290. The van der Waals surface area contributed by atoms with Crippen LogP contribution in [-0.4, -0.2) is 0 Å². The zero-order valence-electron chi connectivity index (χ0n) is 20.1. The Morgan fingerprint density at radius 2 is 1.33 bits per heavy atom. The summed E-state index contributed by atoms with van der Waals surface area (Å²) in [4.78, 5) is 0. The van der Waals surface area contributed by atoms with Crippen LogP contribution in [0.5, 0.6) is 0 Å². The molecule has 0 saturated heterocycles. The van der Waals surface area contributed by atoms with Gasteiger partial charge >= 0.3 is 0 Å². The number of aryl methyl sites for hydroxylation is 2. The van der Waals surface area contributed by atoms with E-state index in [2.05, 4.69) is 115 Å². The minimum Gasteiger partial charge on any atom is -0.201 e. The SMILES string of the molecule is Cc1c(-c2cccc[n+]2C)cccc1-c1cc(-c2ccc(C3CCCCC3)cc2)cc[n+]1C. The third-order valence-corrected chi connectivity index (χ3v) is 7.41. The Kier molecular flexibility index (Phi) is 6.09. The van der Waals surface area contributed by atoms with Gasteiger partial charge in [0.25, 0.3) is 0 Å². The van der Waals surface area contributed by atoms with Crippen molar-refractivity contribution in [3.63, 3.8) is 0 Å². The van der Waals surface area contributed by atoms with Gasteiger partial charge in [0, 0.05) is 35.4 Å². The number of benzene rings is 2. The molecule has 0 amide bonds. The third kappa shape index (κ3) is 4.35. The summed E-state index contributed by atoms with van der Waals surface area (Å²) in [5.41, 5.74) is 10.4. The number of hydrogen-bond acceptors (Lipinski definition) is 0. The van der Waals surface area contributed by atoms with Crippen LogP contribution in [0.4, 0.5) is 0 Å². The lowest BCUT2D eigenvalue weighted by Gasteiger charge is -2.22. The van der Waals surface area contributed by atoms with Crippen molar-refractivity contribution in [3.05, 3.63) is 96.3 Å². The molecule has 5 rings (SSSR count). The van der Waals surface area contributed by atoms with Crippen molar-refractivity contribution < 1.29 is 9.13 Å². The van der Waals surface area contributed by atoms with E-state index in [1.165, 1.54) is 76.9 Å². The van der Waals surface area contributed by atoms with Crippen LogP contribution in [0.25, 0.3) is 33.6 Å². The van der Waals surface area contributed by atoms with Crippen molar-refractivity contribution in [3.8, 4) is 33.6 Å². The molecule has 166 valence electrons. The molecule has 0 unspecified atom stereocenters. The van der Waals surface area contributed by atoms with Crippen LogP contribution in [0.3, 0.4) is 0 Å². The third-order valence-electron chi connectivity index (χ3n) is 7.41. The highest BCUT2D eigenvalue weighted by atomic mass is 14.9. The lowest BCUT2D eigenvalue weighted by atomic mass is 9.83. The second-order valence-electron chi connectivity index (χ2n) is 9.54. The summed E-state index contributed by atoms with van der Waals surface area (Å²) in [6, 6.07) is 26.9. The van der Waals surface area contributed by atoms with Gasteiger partial charge in [-0.15, -0.1) is 0 Å². The predicted molar refractivity (Wildman–Crippen MR) is 136 cm³/mol. The topological polar surface area (TPSA) is 7.76 Å². The van der Waals surface area contributed by atoms with Crippen molar-refractivity contribution in [1.82, 2.24) is 0 Å². The minimum atomic E-state index is 0.752. The van der Waals surface area contributed by atoms with Gasteiger partial charge in [0.2, 0.25) is 11.4 Å². The number of hydrogen-bond donors (Lipinski definition) is 0. The van der Waals surface area contributed by atoms with E-state index in [0.29, 0.717) is 0 Å². The van der Waals surface area contributed by atoms with Crippen LogP contribution in [0.15, 0.2) is 85.2 Å². The molecule has 2 aromatic carbocycles. The first-order valence-electron chi connectivity index (χ1n) is 12.3. The van der Waals surface area contributed by atoms with E-state index in [-0.39, 0.29) is 0 Å². The van der Waals surface area contributed by atoms with Crippen LogP contribution in [0.1, 0.15) is 49.1 Å². The second kappa shape index (κ2) is 9.31. The molecule has 1 aliphatic carbocycles. The molecule has 0 N–H and O–H groups in total. The fourth-order valence-electron chi connectivity index (χ4n) is 5.39. The van der Waals surface area contributed by atoms with E-state index >= 15 is 0 Å². The molecule has 33 heavy (non-hydrogen) atoms. The number of aromatic nitrogens is 2. The normalized spacial score (nSPS) is 14.4. The molecule has 1 saturated carbocycles. The van der Waals surface area contributed by atoms with E-state index in [4.69, 9.17) is 0 Å². The highest BCUT2D eigenvalue weighted by Gasteiger charge is 2.20. The van der Waals surface area contributed by atoms with Crippen LogP contribution >= 0.6 is 0 Å². The molecule has 0 aliphatic heterocycles. The quantitative estimate of drug-likeness (QED) is 0.316. The average molecular weight is 435 g/mol. The Bertz CT molecular complexity index is 1260. The molecule has 2 aromatic heterocycles. The molecular formula is C31H34N2+2. The Labute approximate surface area is 198 Å². The van der Waals surface area contributed by atoms with Crippen molar-refractivity contribution in [2.24, 2.45) is 14.1 Å². The van der Waals surface area contributed by atoms with E-state index in [9.17, 15) is 0 Å². The van der Waals surface area contributed by atoms with Crippen molar-refractivity contribution in [2.45, 2.75) is 44.9 Å². The standard InChI is InChI=1S/C31H34N2/c1-23-28(30-14-7-8-20-32(30)2)12-9-13-29(23)31-22-27(19-21-33(31)3)26-17-15-25(16-18-26)24-10-5-4-6-11-24/h7-9,12-22,24H,4-6,10-11H2,1-3H3/q+2. The average Bonchev–Trinajstić information content (AvgIpc) is 2.86. The first-order chi connectivity index (χ1) is 16.1. The summed E-state index contributed by atoms with van der Waals surface area (Å²) in [5.74, 6) is 0.752. The van der Waals surface area contributed by atoms with Gasteiger partial charge < -0.3 is 0 Å². The van der Waals surface area contributed by atoms with E-state index in [1.54, 1.807) is 0 Å². The van der Waals surface area contributed by atoms with Crippen LogP contribution < -0.4 is 9.13 Å². The summed E-state index contributed by atoms with van der Waals surface area (Å²) in [5, 5.41) is 0. The monoisotopic (exact) mass is 434 g/mol. The van der Waals surface area contributed by atoms with Gasteiger partial charge in [0.05, 0.1) is 0 Å². The molecule has 4 aromatic rings.